The SMILES string of the molecule is Cc1nc(CN2CCCN(C(=O)c3cnc(OC(C)C)c(Cl)c3)CC2)cs1. The number of aromatic nitrogens is 2. The van der Waals surface area contributed by atoms with Crippen LogP contribution in [0.15, 0.2) is 17.6 Å². The van der Waals surface area contributed by atoms with Gasteiger partial charge in [-0.3, -0.25) is 9.69 Å². The van der Waals surface area contributed by atoms with Gasteiger partial charge in [-0.15, -0.1) is 11.3 Å². The predicted molar refractivity (Wildman–Crippen MR) is 108 cm³/mol. The minimum atomic E-state index is -0.0353. The monoisotopic (exact) mass is 408 g/mol. The van der Waals surface area contributed by atoms with E-state index in [2.05, 4.69) is 20.2 Å². The lowest BCUT2D eigenvalue weighted by molar-refractivity contribution is 0.0760. The normalized spacial score (nSPS) is 15.8. The van der Waals surface area contributed by atoms with Crippen molar-refractivity contribution < 1.29 is 9.53 Å². The Morgan fingerprint density at radius 2 is 2.15 bits per heavy atom. The molecule has 6 nitrogen and oxygen atoms in total. The molecule has 1 aliphatic rings. The number of hydrogen-bond acceptors (Lipinski definition) is 6. The highest BCUT2D eigenvalue weighted by molar-refractivity contribution is 7.09. The van der Waals surface area contributed by atoms with E-state index in [1.54, 1.807) is 23.6 Å². The fraction of sp³-hybridized carbons (Fsp3) is 0.526. The number of hydrogen-bond donors (Lipinski definition) is 0. The van der Waals surface area contributed by atoms with Crippen LogP contribution in [0.4, 0.5) is 0 Å². The first-order chi connectivity index (χ1) is 12.9. The van der Waals surface area contributed by atoms with Crippen molar-refractivity contribution in [3.05, 3.63) is 38.9 Å². The topological polar surface area (TPSA) is 58.6 Å². The van der Waals surface area contributed by atoms with Gasteiger partial charge in [0.25, 0.3) is 5.91 Å². The summed E-state index contributed by atoms with van der Waals surface area (Å²) in [5, 5.41) is 3.56. The Labute approximate surface area is 169 Å². The summed E-state index contributed by atoms with van der Waals surface area (Å²) in [7, 11) is 0. The molecule has 0 unspecified atom stereocenters. The maximum atomic E-state index is 12.9. The maximum Gasteiger partial charge on any atom is 0.255 e. The van der Waals surface area contributed by atoms with Gasteiger partial charge in [-0.2, -0.15) is 0 Å². The average molecular weight is 409 g/mol. The standard InChI is InChI=1S/C19H25ClN4O2S/c1-13(2)26-18-17(20)9-15(10-21-18)19(25)24-6-4-5-23(7-8-24)11-16-12-27-14(3)22-16/h9-10,12-13H,4-8,11H2,1-3H3. The third-order valence-corrected chi connectivity index (χ3v) is 5.42. The van der Waals surface area contributed by atoms with Gasteiger partial charge < -0.3 is 9.64 Å². The lowest BCUT2D eigenvalue weighted by Gasteiger charge is -2.22. The zero-order valence-electron chi connectivity index (χ0n) is 15.9. The summed E-state index contributed by atoms with van der Waals surface area (Å²) in [6.45, 7) is 9.88. The molecule has 27 heavy (non-hydrogen) atoms. The van der Waals surface area contributed by atoms with Crippen LogP contribution in [-0.4, -0.2) is 58.0 Å². The van der Waals surface area contributed by atoms with E-state index < -0.39 is 0 Å². The van der Waals surface area contributed by atoms with Gasteiger partial charge in [0, 0.05) is 44.3 Å². The van der Waals surface area contributed by atoms with E-state index in [9.17, 15) is 4.79 Å². The molecule has 8 heteroatoms. The molecule has 1 saturated heterocycles. The van der Waals surface area contributed by atoms with Crippen LogP contribution in [0.25, 0.3) is 0 Å². The van der Waals surface area contributed by atoms with Crippen LogP contribution in [0.5, 0.6) is 5.88 Å². The number of thiazole rings is 1. The summed E-state index contributed by atoms with van der Waals surface area (Å²) in [5.41, 5.74) is 1.61. The van der Waals surface area contributed by atoms with Crippen LogP contribution >= 0.6 is 22.9 Å². The Morgan fingerprint density at radius 3 is 2.81 bits per heavy atom. The molecule has 1 fully saturated rings. The van der Waals surface area contributed by atoms with Crippen molar-refractivity contribution in [2.45, 2.75) is 39.8 Å². The van der Waals surface area contributed by atoms with Gasteiger partial charge in [0.1, 0.15) is 5.02 Å². The molecule has 0 atom stereocenters. The largest absolute Gasteiger partial charge is 0.474 e. The van der Waals surface area contributed by atoms with Gasteiger partial charge in [0.05, 0.1) is 22.4 Å². The molecule has 146 valence electrons. The zero-order chi connectivity index (χ0) is 19.4. The summed E-state index contributed by atoms with van der Waals surface area (Å²) >= 11 is 7.91. The minimum Gasteiger partial charge on any atom is -0.474 e. The predicted octanol–water partition coefficient (Wildman–Crippen LogP) is 3.64. The van der Waals surface area contributed by atoms with Crippen molar-refractivity contribution in [2.75, 3.05) is 26.2 Å². The number of ether oxygens (including phenoxy) is 1. The molecule has 2 aromatic heterocycles. The highest BCUT2D eigenvalue weighted by atomic mass is 35.5. The number of aryl methyl sites for hydroxylation is 1. The second-order valence-corrected chi connectivity index (χ2v) is 8.43. The second-order valence-electron chi connectivity index (χ2n) is 6.96. The first-order valence-electron chi connectivity index (χ1n) is 9.17. The van der Waals surface area contributed by atoms with Crippen molar-refractivity contribution in [1.29, 1.82) is 0 Å². The van der Waals surface area contributed by atoms with Crippen LogP contribution in [0.3, 0.4) is 0 Å². The summed E-state index contributed by atoms with van der Waals surface area (Å²) in [5.74, 6) is 0.329. The van der Waals surface area contributed by atoms with Crippen molar-refractivity contribution in [2.24, 2.45) is 0 Å². The van der Waals surface area contributed by atoms with Gasteiger partial charge in [0.2, 0.25) is 5.88 Å². The molecule has 0 radical (unpaired) electrons. The number of rotatable bonds is 5. The van der Waals surface area contributed by atoms with Crippen LogP contribution in [-0.2, 0) is 6.54 Å². The summed E-state index contributed by atoms with van der Waals surface area (Å²) < 4.78 is 5.54. The van der Waals surface area contributed by atoms with E-state index in [0.29, 0.717) is 23.0 Å². The number of halogens is 1. The molecular formula is C19H25ClN4O2S. The fourth-order valence-corrected chi connectivity index (χ4v) is 3.89. The quantitative estimate of drug-likeness (QED) is 0.756. The smallest absolute Gasteiger partial charge is 0.255 e. The molecule has 2 aromatic rings. The molecule has 1 aliphatic heterocycles. The van der Waals surface area contributed by atoms with Crippen molar-refractivity contribution >= 4 is 28.8 Å². The van der Waals surface area contributed by atoms with E-state index in [-0.39, 0.29) is 12.0 Å². The number of pyridine rings is 1. The maximum absolute atomic E-state index is 12.9. The molecule has 0 aliphatic carbocycles. The lowest BCUT2D eigenvalue weighted by atomic mass is 10.2. The van der Waals surface area contributed by atoms with E-state index >= 15 is 0 Å². The van der Waals surface area contributed by atoms with E-state index in [4.69, 9.17) is 16.3 Å². The third-order valence-electron chi connectivity index (χ3n) is 4.33. The lowest BCUT2D eigenvalue weighted by Crippen LogP contribution is -2.35. The number of amides is 1. The Hall–Kier alpha value is -1.70. The van der Waals surface area contributed by atoms with Gasteiger partial charge in [0.15, 0.2) is 0 Å². The van der Waals surface area contributed by atoms with Gasteiger partial charge in [-0.1, -0.05) is 11.6 Å². The van der Waals surface area contributed by atoms with Crippen molar-refractivity contribution in [3.63, 3.8) is 0 Å². The minimum absolute atomic E-state index is 0.0188. The molecule has 3 rings (SSSR count). The number of nitrogens with zero attached hydrogens (tertiary/aromatic N) is 4. The van der Waals surface area contributed by atoms with Crippen molar-refractivity contribution in [3.8, 4) is 5.88 Å². The number of carbonyl (C=O) groups excluding carboxylic acids is 1. The Morgan fingerprint density at radius 1 is 1.33 bits per heavy atom. The Bertz CT molecular complexity index is 796. The van der Waals surface area contributed by atoms with Crippen molar-refractivity contribution in [1.82, 2.24) is 19.8 Å². The van der Waals surface area contributed by atoms with E-state index in [1.165, 1.54) is 0 Å². The van der Waals surface area contributed by atoms with Crippen LogP contribution in [0.2, 0.25) is 5.02 Å². The first kappa shape index (κ1) is 20.0. The third kappa shape index (κ3) is 5.40. The van der Waals surface area contributed by atoms with Crippen LogP contribution in [0, 0.1) is 6.92 Å². The Kier molecular flexibility index (Phi) is 6.68. The first-order valence-corrected chi connectivity index (χ1v) is 10.4. The molecule has 3 heterocycles. The average Bonchev–Trinajstić information content (AvgIpc) is 2.88. The molecule has 0 saturated carbocycles. The molecule has 1 amide bonds. The highest BCUT2D eigenvalue weighted by Crippen LogP contribution is 2.24. The molecule has 0 spiro atoms. The zero-order valence-corrected chi connectivity index (χ0v) is 17.5. The van der Waals surface area contributed by atoms with Crippen LogP contribution < -0.4 is 4.74 Å². The molecular weight excluding hydrogens is 384 g/mol. The van der Waals surface area contributed by atoms with Crippen LogP contribution in [0.1, 0.15) is 41.3 Å². The highest BCUT2D eigenvalue weighted by Gasteiger charge is 2.22. The van der Waals surface area contributed by atoms with Gasteiger partial charge >= 0.3 is 0 Å². The fourth-order valence-electron chi connectivity index (χ4n) is 3.08. The molecule has 0 bridgehead atoms. The van der Waals surface area contributed by atoms with Gasteiger partial charge in [-0.05, 0) is 33.3 Å². The second kappa shape index (κ2) is 8.99. The van der Waals surface area contributed by atoms with E-state index in [1.807, 2.05) is 25.7 Å². The summed E-state index contributed by atoms with van der Waals surface area (Å²) in [6.07, 6.45) is 2.46. The number of carbonyl (C=O) groups is 1. The molecule has 0 aromatic carbocycles. The summed E-state index contributed by atoms with van der Waals surface area (Å²) in [4.78, 5) is 25.8. The Balaban J connectivity index is 1.61. The van der Waals surface area contributed by atoms with E-state index in [0.717, 1.165) is 43.3 Å². The summed E-state index contributed by atoms with van der Waals surface area (Å²) in [6, 6.07) is 1.65. The molecule has 0 N–H and O–H groups in total. The van der Waals surface area contributed by atoms with Gasteiger partial charge in [-0.25, -0.2) is 9.97 Å².